The Kier molecular flexibility index (Phi) is 6.27. The van der Waals surface area contributed by atoms with Crippen molar-refractivity contribution in [3.63, 3.8) is 0 Å². The first-order valence-corrected chi connectivity index (χ1v) is 11.7. The molecule has 1 aliphatic rings. The van der Waals surface area contributed by atoms with Gasteiger partial charge in [0.15, 0.2) is 11.5 Å². The Balaban J connectivity index is 1.44. The van der Waals surface area contributed by atoms with Crippen molar-refractivity contribution in [1.82, 2.24) is 14.5 Å². The molecule has 8 heteroatoms. The van der Waals surface area contributed by atoms with E-state index in [9.17, 15) is 14.0 Å². The standard InChI is InChI=1S/C27H26FN5O2/c1-18-15-21(28)11-12-22(18)31-26(34)20-9-6-14-32(17-20)25-27(35)33(16-19-7-3-2-4-8-19)24-23(30-25)10-5-13-29-24/h2-5,7-8,10-13,15,20H,6,9,14,16-17H2,1H3,(H,31,34)/t20-/m0/s1. The number of anilines is 2. The van der Waals surface area contributed by atoms with Crippen molar-refractivity contribution in [3.8, 4) is 0 Å². The predicted molar refractivity (Wildman–Crippen MR) is 134 cm³/mol. The van der Waals surface area contributed by atoms with Crippen LogP contribution < -0.4 is 15.8 Å². The van der Waals surface area contributed by atoms with Gasteiger partial charge in [-0.15, -0.1) is 0 Å². The Morgan fingerprint density at radius 2 is 1.97 bits per heavy atom. The maximum Gasteiger partial charge on any atom is 0.295 e. The zero-order valence-corrected chi connectivity index (χ0v) is 19.4. The Hall–Kier alpha value is -4.07. The summed E-state index contributed by atoms with van der Waals surface area (Å²) in [6.45, 7) is 3.16. The molecule has 1 amide bonds. The minimum absolute atomic E-state index is 0.142. The molecule has 35 heavy (non-hydrogen) atoms. The first-order chi connectivity index (χ1) is 17.0. The second kappa shape index (κ2) is 9.66. The van der Waals surface area contributed by atoms with Crippen LogP contribution in [0.3, 0.4) is 0 Å². The van der Waals surface area contributed by atoms with E-state index in [1.807, 2.05) is 41.3 Å². The van der Waals surface area contributed by atoms with E-state index in [0.29, 0.717) is 54.3 Å². The van der Waals surface area contributed by atoms with Gasteiger partial charge in [0.05, 0.1) is 12.5 Å². The number of fused-ring (bicyclic) bond motifs is 1. The van der Waals surface area contributed by atoms with Crippen LogP contribution in [0.5, 0.6) is 0 Å². The molecule has 1 atom stereocenters. The molecule has 3 heterocycles. The molecule has 1 aliphatic heterocycles. The summed E-state index contributed by atoms with van der Waals surface area (Å²) in [6.07, 6.45) is 3.12. The number of aromatic nitrogens is 3. The van der Waals surface area contributed by atoms with Gasteiger partial charge in [-0.25, -0.2) is 14.4 Å². The molecule has 1 saturated heterocycles. The minimum Gasteiger partial charge on any atom is -0.351 e. The quantitative estimate of drug-likeness (QED) is 0.473. The number of nitrogens with zero attached hydrogens (tertiary/aromatic N) is 4. The van der Waals surface area contributed by atoms with Crippen LogP contribution in [0.4, 0.5) is 15.9 Å². The van der Waals surface area contributed by atoms with Gasteiger partial charge in [0.2, 0.25) is 5.91 Å². The van der Waals surface area contributed by atoms with Crippen LogP contribution in [-0.2, 0) is 11.3 Å². The van der Waals surface area contributed by atoms with Gasteiger partial charge in [0.1, 0.15) is 11.3 Å². The molecule has 178 valence electrons. The fraction of sp³-hybridized carbons (Fsp3) is 0.259. The van der Waals surface area contributed by atoms with E-state index < -0.39 is 0 Å². The second-order valence-corrected chi connectivity index (χ2v) is 8.89. The molecular weight excluding hydrogens is 445 g/mol. The number of carbonyl (C=O) groups is 1. The predicted octanol–water partition coefficient (Wildman–Crippen LogP) is 4.14. The van der Waals surface area contributed by atoms with Crippen LogP contribution in [0.25, 0.3) is 11.2 Å². The highest BCUT2D eigenvalue weighted by atomic mass is 19.1. The molecule has 0 saturated carbocycles. The van der Waals surface area contributed by atoms with Gasteiger partial charge in [0, 0.05) is 25.0 Å². The summed E-state index contributed by atoms with van der Waals surface area (Å²) in [5.74, 6) is -0.470. The van der Waals surface area contributed by atoms with Gasteiger partial charge in [-0.05, 0) is 61.2 Å². The molecule has 0 unspecified atom stereocenters. The smallest absolute Gasteiger partial charge is 0.295 e. The molecule has 2 aromatic heterocycles. The molecule has 1 N–H and O–H groups in total. The third-order valence-electron chi connectivity index (χ3n) is 6.41. The first kappa shape index (κ1) is 22.7. The van der Waals surface area contributed by atoms with Crippen molar-refractivity contribution in [2.45, 2.75) is 26.3 Å². The number of amides is 1. The van der Waals surface area contributed by atoms with Gasteiger partial charge in [0.25, 0.3) is 5.56 Å². The SMILES string of the molecule is Cc1cc(F)ccc1NC(=O)[C@H]1CCCN(c2nc3cccnc3n(Cc3ccccc3)c2=O)C1. The molecular formula is C27H26FN5O2. The summed E-state index contributed by atoms with van der Waals surface area (Å²) in [7, 11) is 0. The summed E-state index contributed by atoms with van der Waals surface area (Å²) < 4.78 is 15.1. The number of aryl methyl sites for hydroxylation is 1. The molecule has 1 fully saturated rings. The van der Waals surface area contributed by atoms with Crippen LogP contribution in [0, 0.1) is 18.7 Å². The number of rotatable bonds is 5. The van der Waals surface area contributed by atoms with Gasteiger partial charge in [-0.3, -0.25) is 14.2 Å². The fourth-order valence-corrected chi connectivity index (χ4v) is 4.57. The molecule has 5 rings (SSSR count). The number of hydrogen-bond acceptors (Lipinski definition) is 5. The number of halogens is 1. The molecule has 2 aromatic carbocycles. The molecule has 7 nitrogen and oxygen atoms in total. The van der Waals surface area contributed by atoms with Crippen LogP contribution in [0.2, 0.25) is 0 Å². The van der Waals surface area contributed by atoms with E-state index in [4.69, 9.17) is 0 Å². The van der Waals surface area contributed by atoms with Crippen molar-refractivity contribution in [2.75, 3.05) is 23.3 Å². The zero-order chi connectivity index (χ0) is 24.4. The number of pyridine rings is 1. The Bertz CT molecular complexity index is 1440. The number of benzene rings is 2. The third kappa shape index (κ3) is 4.77. The fourth-order valence-electron chi connectivity index (χ4n) is 4.57. The van der Waals surface area contributed by atoms with E-state index in [1.165, 1.54) is 12.1 Å². The van der Waals surface area contributed by atoms with E-state index in [2.05, 4.69) is 15.3 Å². The van der Waals surface area contributed by atoms with Crippen LogP contribution in [-0.4, -0.2) is 33.5 Å². The maximum atomic E-state index is 13.6. The Labute approximate surface area is 202 Å². The highest BCUT2D eigenvalue weighted by Crippen LogP contribution is 2.24. The number of nitrogens with one attached hydrogen (secondary N) is 1. The largest absolute Gasteiger partial charge is 0.351 e. The molecule has 4 aromatic rings. The van der Waals surface area contributed by atoms with E-state index in [-0.39, 0.29) is 23.2 Å². The Morgan fingerprint density at radius 3 is 2.77 bits per heavy atom. The third-order valence-corrected chi connectivity index (χ3v) is 6.41. The van der Waals surface area contributed by atoms with Crippen LogP contribution >= 0.6 is 0 Å². The highest BCUT2D eigenvalue weighted by molar-refractivity contribution is 5.93. The lowest BCUT2D eigenvalue weighted by atomic mass is 9.97. The van der Waals surface area contributed by atoms with Gasteiger partial charge >= 0.3 is 0 Å². The molecule has 0 spiro atoms. The summed E-state index contributed by atoms with van der Waals surface area (Å²) in [5, 5.41) is 2.92. The van der Waals surface area contributed by atoms with Gasteiger partial charge in [-0.2, -0.15) is 0 Å². The van der Waals surface area contributed by atoms with E-state index >= 15 is 0 Å². The second-order valence-electron chi connectivity index (χ2n) is 8.89. The number of hydrogen-bond donors (Lipinski definition) is 1. The summed E-state index contributed by atoms with van der Waals surface area (Å²) in [6, 6.07) is 17.7. The maximum absolute atomic E-state index is 13.6. The van der Waals surface area contributed by atoms with Gasteiger partial charge < -0.3 is 10.2 Å². The van der Waals surface area contributed by atoms with Crippen molar-refractivity contribution in [2.24, 2.45) is 5.92 Å². The van der Waals surface area contributed by atoms with Crippen LogP contribution in [0.15, 0.2) is 71.7 Å². The highest BCUT2D eigenvalue weighted by Gasteiger charge is 2.29. The average Bonchev–Trinajstić information content (AvgIpc) is 2.88. The van der Waals surface area contributed by atoms with Gasteiger partial charge in [-0.1, -0.05) is 30.3 Å². The summed E-state index contributed by atoms with van der Waals surface area (Å²) in [4.78, 5) is 37.6. The van der Waals surface area contributed by atoms with Crippen molar-refractivity contribution in [1.29, 1.82) is 0 Å². The van der Waals surface area contributed by atoms with E-state index in [1.54, 1.807) is 29.8 Å². The van der Waals surface area contributed by atoms with Crippen molar-refractivity contribution >= 4 is 28.6 Å². The number of carbonyl (C=O) groups excluding carboxylic acids is 1. The van der Waals surface area contributed by atoms with Crippen LogP contribution in [0.1, 0.15) is 24.0 Å². The Morgan fingerprint density at radius 1 is 1.14 bits per heavy atom. The number of piperidine rings is 1. The van der Waals surface area contributed by atoms with Crippen molar-refractivity contribution < 1.29 is 9.18 Å². The lowest BCUT2D eigenvalue weighted by molar-refractivity contribution is -0.120. The summed E-state index contributed by atoms with van der Waals surface area (Å²) >= 11 is 0. The monoisotopic (exact) mass is 471 g/mol. The lowest BCUT2D eigenvalue weighted by Crippen LogP contribution is -2.44. The lowest BCUT2D eigenvalue weighted by Gasteiger charge is -2.32. The molecule has 0 aliphatic carbocycles. The summed E-state index contributed by atoms with van der Waals surface area (Å²) in [5.41, 5.74) is 3.18. The minimum atomic E-state index is -0.340. The normalized spacial score (nSPS) is 15.8. The molecule has 0 radical (unpaired) electrons. The molecule has 0 bridgehead atoms. The first-order valence-electron chi connectivity index (χ1n) is 11.7. The zero-order valence-electron chi connectivity index (χ0n) is 19.4. The van der Waals surface area contributed by atoms with E-state index in [0.717, 1.165) is 12.0 Å². The average molecular weight is 472 g/mol. The van der Waals surface area contributed by atoms with Crippen molar-refractivity contribution in [3.05, 3.63) is 94.2 Å². The topological polar surface area (TPSA) is 80.1 Å².